The first-order chi connectivity index (χ1) is 10.1. The van der Waals surface area contributed by atoms with Gasteiger partial charge in [0.05, 0.1) is 18.3 Å². The molecule has 21 heavy (non-hydrogen) atoms. The van der Waals surface area contributed by atoms with Crippen molar-refractivity contribution < 1.29 is 9.84 Å². The molecule has 4 nitrogen and oxygen atoms in total. The highest BCUT2D eigenvalue weighted by Gasteiger charge is 2.16. The Labute approximate surface area is 121 Å². The summed E-state index contributed by atoms with van der Waals surface area (Å²) in [7, 11) is 3.39. The second kappa shape index (κ2) is 4.98. The molecule has 3 aromatic rings. The lowest BCUT2D eigenvalue weighted by Gasteiger charge is -2.16. The van der Waals surface area contributed by atoms with Crippen LogP contribution in [0.1, 0.15) is 0 Å². The van der Waals surface area contributed by atoms with Gasteiger partial charge in [-0.15, -0.1) is 0 Å². The lowest BCUT2D eigenvalue weighted by molar-refractivity contribution is 0.410. The molecule has 0 saturated carbocycles. The van der Waals surface area contributed by atoms with Crippen LogP contribution >= 0.6 is 0 Å². The van der Waals surface area contributed by atoms with Gasteiger partial charge < -0.3 is 14.4 Å². The van der Waals surface area contributed by atoms with Gasteiger partial charge in [0, 0.05) is 18.0 Å². The van der Waals surface area contributed by atoms with Crippen molar-refractivity contribution in [2.75, 3.05) is 7.11 Å². The van der Waals surface area contributed by atoms with E-state index >= 15 is 0 Å². The van der Waals surface area contributed by atoms with Crippen LogP contribution in [0.3, 0.4) is 0 Å². The van der Waals surface area contributed by atoms with Crippen LogP contribution in [-0.4, -0.2) is 16.8 Å². The Morgan fingerprint density at radius 2 is 1.71 bits per heavy atom. The summed E-state index contributed by atoms with van der Waals surface area (Å²) in [6.07, 6.45) is 0. The monoisotopic (exact) mass is 281 g/mol. The topological polar surface area (TPSA) is 51.5 Å². The molecule has 0 unspecified atom stereocenters. The number of ether oxygens (including phenoxy) is 1. The Hall–Kier alpha value is -2.75. The number of pyridine rings is 1. The highest BCUT2D eigenvalue weighted by molar-refractivity contribution is 5.85. The average Bonchev–Trinajstić information content (AvgIpc) is 2.52. The maximum atomic E-state index is 12.6. The number of phenolic OH excluding ortho intramolecular Hbond substituents is 1. The second-order valence-corrected chi connectivity index (χ2v) is 4.83. The number of para-hydroxylation sites is 1. The first kappa shape index (κ1) is 13.2. The second-order valence-electron chi connectivity index (χ2n) is 4.83. The number of nitrogens with zero attached hydrogens (tertiary/aromatic N) is 1. The molecule has 0 aliphatic heterocycles. The average molecular weight is 281 g/mol. The molecule has 0 aliphatic rings. The maximum absolute atomic E-state index is 12.6. The maximum Gasteiger partial charge on any atom is 0.231 e. The Balaban J connectivity index is 2.44. The van der Waals surface area contributed by atoms with Crippen molar-refractivity contribution in [1.29, 1.82) is 0 Å². The third-order valence-corrected chi connectivity index (χ3v) is 3.61. The van der Waals surface area contributed by atoms with Crippen LogP contribution in [0.15, 0.2) is 53.3 Å². The smallest absolute Gasteiger partial charge is 0.231 e. The van der Waals surface area contributed by atoms with Crippen LogP contribution in [-0.2, 0) is 7.05 Å². The number of methoxy groups -OCH3 is 1. The molecule has 1 aromatic heterocycles. The summed E-state index contributed by atoms with van der Waals surface area (Å²) in [6.45, 7) is 0. The van der Waals surface area contributed by atoms with Crippen molar-refractivity contribution in [3.05, 3.63) is 58.8 Å². The summed E-state index contributed by atoms with van der Waals surface area (Å²) < 4.78 is 7.29. The van der Waals surface area contributed by atoms with Gasteiger partial charge in [0.1, 0.15) is 5.75 Å². The van der Waals surface area contributed by atoms with E-state index in [1.807, 2.05) is 29.8 Å². The first-order valence-electron chi connectivity index (χ1n) is 6.58. The number of aryl methyl sites for hydroxylation is 1. The molecule has 0 saturated heterocycles. The number of aromatic nitrogens is 1. The number of hydrogen-bond acceptors (Lipinski definition) is 3. The minimum atomic E-state index is -0.130. The SMILES string of the molecule is COc1c(-c2ccc(O)cc2)n(C)c2ccccc2c1=O. The predicted octanol–water partition coefficient (Wildman–Crippen LogP) is 2.92. The molecular formula is C17H15NO3. The predicted molar refractivity (Wildman–Crippen MR) is 82.8 cm³/mol. The fraction of sp³-hybridized carbons (Fsp3) is 0.118. The summed E-state index contributed by atoms with van der Waals surface area (Å²) in [6, 6.07) is 14.1. The molecule has 0 spiro atoms. The molecule has 1 N–H and O–H groups in total. The molecule has 3 rings (SSSR count). The van der Waals surface area contributed by atoms with Crippen LogP contribution in [0.2, 0.25) is 0 Å². The number of benzene rings is 2. The lowest BCUT2D eigenvalue weighted by atomic mass is 10.1. The Morgan fingerprint density at radius 3 is 2.38 bits per heavy atom. The quantitative estimate of drug-likeness (QED) is 0.785. The Bertz CT molecular complexity index is 864. The van der Waals surface area contributed by atoms with E-state index in [4.69, 9.17) is 4.74 Å². The third kappa shape index (κ3) is 2.05. The van der Waals surface area contributed by atoms with E-state index in [1.165, 1.54) is 7.11 Å². The number of fused-ring (bicyclic) bond motifs is 1. The van der Waals surface area contributed by atoms with E-state index in [1.54, 1.807) is 30.3 Å². The van der Waals surface area contributed by atoms with Crippen LogP contribution in [0, 0.1) is 0 Å². The van der Waals surface area contributed by atoms with Gasteiger partial charge in [0.15, 0.2) is 5.75 Å². The lowest BCUT2D eigenvalue weighted by Crippen LogP contribution is -2.13. The molecule has 0 amide bonds. The minimum absolute atomic E-state index is 0.130. The Kier molecular flexibility index (Phi) is 3.14. The number of rotatable bonds is 2. The fourth-order valence-electron chi connectivity index (χ4n) is 2.59. The molecule has 0 aliphatic carbocycles. The zero-order valence-corrected chi connectivity index (χ0v) is 11.8. The van der Waals surface area contributed by atoms with Gasteiger partial charge in [0.2, 0.25) is 5.43 Å². The highest BCUT2D eigenvalue weighted by Crippen LogP contribution is 2.30. The van der Waals surface area contributed by atoms with Crippen LogP contribution in [0.4, 0.5) is 0 Å². The summed E-state index contributed by atoms with van der Waals surface area (Å²) in [5.74, 6) is 0.491. The summed E-state index contributed by atoms with van der Waals surface area (Å²) in [5.41, 5.74) is 2.22. The van der Waals surface area contributed by atoms with Crippen molar-refractivity contribution in [1.82, 2.24) is 4.57 Å². The minimum Gasteiger partial charge on any atom is -0.508 e. The molecule has 0 bridgehead atoms. The zero-order valence-electron chi connectivity index (χ0n) is 11.8. The van der Waals surface area contributed by atoms with Gasteiger partial charge in [-0.1, -0.05) is 12.1 Å². The molecule has 0 atom stereocenters. The number of phenols is 1. The Morgan fingerprint density at radius 1 is 1.05 bits per heavy atom. The van der Waals surface area contributed by atoms with Gasteiger partial charge in [0.25, 0.3) is 0 Å². The third-order valence-electron chi connectivity index (χ3n) is 3.61. The molecular weight excluding hydrogens is 266 g/mol. The van der Waals surface area contributed by atoms with Gasteiger partial charge >= 0.3 is 0 Å². The molecule has 4 heteroatoms. The van der Waals surface area contributed by atoms with Gasteiger partial charge in [-0.05, 0) is 36.4 Å². The van der Waals surface area contributed by atoms with Crippen LogP contribution in [0.5, 0.6) is 11.5 Å². The van der Waals surface area contributed by atoms with E-state index < -0.39 is 0 Å². The van der Waals surface area contributed by atoms with Crippen molar-refractivity contribution in [3.8, 4) is 22.8 Å². The van der Waals surface area contributed by atoms with Gasteiger partial charge in [-0.3, -0.25) is 4.79 Å². The van der Waals surface area contributed by atoms with Crippen molar-refractivity contribution in [3.63, 3.8) is 0 Å². The summed E-state index contributed by atoms with van der Waals surface area (Å²) >= 11 is 0. The molecule has 1 heterocycles. The van der Waals surface area contributed by atoms with Gasteiger partial charge in [-0.25, -0.2) is 0 Å². The summed E-state index contributed by atoms with van der Waals surface area (Å²) in [5, 5.41) is 10.1. The standard InChI is InChI=1S/C17H15NO3/c1-18-14-6-4-3-5-13(14)16(20)17(21-2)15(18)11-7-9-12(19)10-8-11/h3-10,19H,1-2H3. The number of hydrogen-bond donors (Lipinski definition) is 1. The van der Waals surface area contributed by atoms with E-state index in [-0.39, 0.29) is 11.2 Å². The molecule has 0 radical (unpaired) electrons. The van der Waals surface area contributed by atoms with Gasteiger partial charge in [-0.2, -0.15) is 0 Å². The molecule has 0 fully saturated rings. The molecule has 106 valence electrons. The fourth-order valence-corrected chi connectivity index (χ4v) is 2.59. The largest absolute Gasteiger partial charge is 0.508 e. The number of aromatic hydroxyl groups is 1. The van der Waals surface area contributed by atoms with Crippen molar-refractivity contribution in [2.45, 2.75) is 0 Å². The van der Waals surface area contributed by atoms with Crippen LogP contribution < -0.4 is 10.2 Å². The summed E-state index contributed by atoms with van der Waals surface area (Å²) in [4.78, 5) is 12.6. The van der Waals surface area contributed by atoms with Crippen molar-refractivity contribution >= 4 is 10.9 Å². The van der Waals surface area contributed by atoms with E-state index in [9.17, 15) is 9.90 Å². The normalized spacial score (nSPS) is 10.8. The van der Waals surface area contributed by atoms with E-state index in [2.05, 4.69) is 0 Å². The highest BCUT2D eigenvalue weighted by atomic mass is 16.5. The molecule has 2 aromatic carbocycles. The van der Waals surface area contributed by atoms with Crippen molar-refractivity contribution in [2.24, 2.45) is 7.05 Å². The van der Waals surface area contributed by atoms with Crippen LogP contribution in [0.25, 0.3) is 22.2 Å². The van der Waals surface area contributed by atoms with E-state index in [0.29, 0.717) is 16.8 Å². The zero-order chi connectivity index (χ0) is 15.0. The van der Waals surface area contributed by atoms with E-state index in [0.717, 1.165) is 11.1 Å². The first-order valence-corrected chi connectivity index (χ1v) is 6.58.